The number of para-hydroxylation sites is 1. The Bertz CT molecular complexity index is 955. The van der Waals surface area contributed by atoms with Crippen LogP contribution in [0.15, 0.2) is 54.9 Å². The number of piperazine rings is 1. The van der Waals surface area contributed by atoms with Crippen molar-refractivity contribution in [2.24, 2.45) is 0 Å². The first-order valence-electron chi connectivity index (χ1n) is 9.21. The fraction of sp³-hybridized carbons (Fsp3) is 0.238. The van der Waals surface area contributed by atoms with Crippen LogP contribution in [-0.2, 0) is 0 Å². The summed E-state index contributed by atoms with van der Waals surface area (Å²) in [6.45, 7) is 4.73. The van der Waals surface area contributed by atoms with E-state index in [1.807, 2.05) is 42.2 Å². The monoisotopic (exact) mass is 379 g/mol. The molecule has 0 radical (unpaired) electrons. The molecule has 4 rings (SSSR count). The molecule has 1 aliphatic rings. The first-order valence-corrected chi connectivity index (χ1v) is 9.21. The van der Waals surface area contributed by atoms with Gasteiger partial charge in [-0.05, 0) is 31.2 Å². The standard InChI is InChI=1S/C21H22FN5O/c1-15-6-8-16(9-7-15)28-21-19(23)20(24-14-25-21)27-12-10-26(11-13-27)18-5-3-2-4-17(18)22/h2-9,14H,10-13,23H2,1H3. The van der Waals surface area contributed by atoms with E-state index in [0.29, 0.717) is 55.0 Å². The molecule has 0 unspecified atom stereocenters. The summed E-state index contributed by atoms with van der Waals surface area (Å²) in [6, 6.07) is 14.5. The maximum absolute atomic E-state index is 14.0. The van der Waals surface area contributed by atoms with Crippen LogP contribution in [0.4, 0.5) is 21.6 Å². The Morgan fingerprint density at radius 2 is 1.61 bits per heavy atom. The van der Waals surface area contributed by atoms with Gasteiger partial charge in [-0.3, -0.25) is 0 Å². The second-order valence-electron chi connectivity index (χ2n) is 6.76. The molecule has 0 amide bonds. The molecule has 6 nitrogen and oxygen atoms in total. The molecular formula is C21H22FN5O. The second-order valence-corrected chi connectivity index (χ2v) is 6.76. The predicted octanol–water partition coefficient (Wildman–Crippen LogP) is 3.63. The quantitative estimate of drug-likeness (QED) is 0.747. The molecule has 1 fully saturated rings. The number of anilines is 3. The number of nitrogens with zero attached hydrogens (tertiary/aromatic N) is 4. The molecule has 144 valence electrons. The smallest absolute Gasteiger partial charge is 0.248 e. The molecule has 1 aromatic heterocycles. The van der Waals surface area contributed by atoms with Crippen LogP contribution in [0.1, 0.15) is 5.56 Å². The number of aryl methyl sites for hydroxylation is 1. The number of hydrogen-bond acceptors (Lipinski definition) is 6. The molecule has 0 bridgehead atoms. The third kappa shape index (κ3) is 3.69. The Labute approximate surface area is 163 Å². The maximum Gasteiger partial charge on any atom is 0.248 e. The third-order valence-electron chi connectivity index (χ3n) is 4.83. The van der Waals surface area contributed by atoms with E-state index in [-0.39, 0.29) is 5.82 Å². The summed E-state index contributed by atoms with van der Waals surface area (Å²) in [5.41, 5.74) is 8.48. The summed E-state index contributed by atoms with van der Waals surface area (Å²) in [5, 5.41) is 0. The Hall–Kier alpha value is -3.35. The zero-order chi connectivity index (χ0) is 19.5. The summed E-state index contributed by atoms with van der Waals surface area (Å²) in [5.74, 6) is 1.45. The van der Waals surface area contributed by atoms with E-state index >= 15 is 0 Å². The van der Waals surface area contributed by atoms with Gasteiger partial charge in [0.15, 0.2) is 5.82 Å². The molecular weight excluding hydrogens is 357 g/mol. The van der Waals surface area contributed by atoms with Crippen LogP contribution in [0.2, 0.25) is 0 Å². The fourth-order valence-corrected chi connectivity index (χ4v) is 3.29. The highest BCUT2D eigenvalue weighted by Crippen LogP contribution is 2.32. The van der Waals surface area contributed by atoms with Gasteiger partial charge in [0.2, 0.25) is 5.88 Å². The Morgan fingerprint density at radius 1 is 0.929 bits per heavy atom. The van der Waals surface area contributed by atoms with Crippen LogP contribution >= 0.6 is 0 Å². The molecule has 7 heteroatoms. The average Bonchev–Trinajstić information content (AvgIpc) is 2.72. The summed E-state index contributed by atoms with van der Waals surface area (Å²) < 4.78 is 19.9. The largest absolute Gasteiger partial charge is 0.437 e. The van der Waals surface area contributed by atoms with Crippen LogP contribution in [0, 0.1) is 12.7 Å². The third-order valence-corrected chi connectivity index (χ3v) is 4.83. The van der Waals surface area contributed by atoms with E-state index < -0.39 is 0 Å². The van der Waals surface area contributed by atoms with Crippen LogP contribution in [0.5, 0.6) is 11.6 Å². The van der Waals surface area contributed by atoms with Gasteiger partial charge in [0.05, 0.1) is 5.69 Å². The van der Waals surface area contributed by atoms with Crippen LogP contribution in [0.25, 0.3) is 0 Å². The van der Waals surface area contributed by atoms with Gasteiger partial charge in [-0.25, -0.2) is 9.37 Å². The van der Waals surface area contributed by atoms with Gasteiger partial charge in [-0.1, -0.05) is 29.8 Å². The van der Waals surface area contributed by atoms with E-state index in [1.54, 1.807) is 12.1 Å². The van der Waals surface area contributed by atoms with Crippen molar-refractivity contribution in [1.29, 1.82) is 0 Å². The summed E-state index contributed by atoms with van der Waals surface area (Å²) >= 11 is 0. The molecule has 2 aromatic carbocycles. The van der Waals surface area contributed by atoms with Crippen molar-refractivity contribution in [1.82, 2.24) is 9.97 Å². The van der Waals surface area contributed by atoms with Crippen molar-refractivity contribution in [3.8, 4) is 11.6 Å². The van der Waals surface area contributed by atoms with Crippen molar-refractivity contribution in [2.45, 2.75) is 6.92 Å². The van der Waals surface area contributed by atoms with Crippen molar-refractivity contribution in [3.63, 3.8) is 0 Å². The predicted molar refractivity (Wildman–Crippen MR) is 109 cm³/mol. The molecule has 0 saturated carbocycles. The normalized spacial score (nSPS) is 14.2. The van der Waals surface area contributed by atoms with Gasteiger partial charge in [-0.2, -0.15) is 4.98 Å². The number of halogens is 1. The molecule has 2 heterocycles. The molecule has 1 saturated heterocycles. The van der Waals surface area contributed by atoms with E-state index in [0.717, 1.165) is 5.56 Å². The summed E-state index contributed by atoms with van der Waals surface area (Å²) in [7, 11) is 0. The molecule has 0 spiro atoms. The Balaban J connectivity index is 1.48. The number of aromatic nitrogens is 2. The molecule has 3 aromatic rings. The minimum absolute atomic E-state index is 0.203. The van der Waals surface area contributed by atoms with Crippen molar-refractivity contribution in [3.05, 3.63) is 66.2 Å². The highest BCUT2D eigenvalue weighted by atomic mass is 19.1. The average molecular weight is 379 g/mol. The first kappa shape index (κ1) is 18.0. The van der Waals surface area contributed by atoms with Crippen molar-refractivity contribution < 1.29 is 9.13 Å². The number of rotatable bonds is 4. The van der Waals surface area contributed by atoms with Crippen LogP contribution in [-0.4, -0.2) is 36.1 Å². The number of ether oxygens (including phenoxy) is 1. The minimum atomic E-state index is -0.203. The molecule has 0 aliphatic carbocycles. The lowest BCUT2D eigenvalue weighted by molar-refractivity contribution is 0.463. The highest BCUT2D eigenvalue weighted by Gasteiger charge is 2.23. The van der Waals surface area contributed by atoms with E-state index in [9.17, 15) is 4.39 Å². The van der Waals surface area contributed by atoms with Gasteiger partial charge in [0.1, 0.15) is 23.6 Å². The van der Waals surface area contributed by atoms with Crippen LogP contribution in [0.3, 0.4) is 0 Å². The molecule has 28 heavy (non-hydrogen) atoms. The molecule has 0 atom stereocenters. The SMILES string of the molecule is Cc1ccc(Oc2ncnc(N3CCN(c4ccccc4F)CC3)c2N)cc1. The van der Waals surface area contributed by atoms with E-state index in [1.165, 1.54) is 12.4 Å². The van der Waals surface area contributed by atoms with Crippen LogP contribution < -0.4 is 20.3 Å². The minimum Gasteiger partial charge on any atom is -0.437 e. The maximum atomic E-state index is 14.0. The fourth-order valence-electron chi connectivity index (χ4n) is 3.29. The molecule has 2 N–H and O–H groups in total. The van der Waals surface area contributed by atoms with Gasteiger partial charge >= 0.3 is 0 Å². The summed E-state index contributed by atoms with van der Waals surface area (Å²) in [6.07, 6.45) is 1.46. The van der Waals surface area contributed by atoms with E-state index in [4.69, 9.17) is 10.5 Å². The van der Waals surface area contributed by atoms with Gasteiger partial charge < -0.3 is 20.3 Å². The summed E-state index contributed by atoms with van der Waals surface area (Å²) in [4.78, 5) is 12.6. The number of nitrogens with two attached hydrogens (primary N) is 1. The number of benzene rings is 2. The lowest BCUT2D eigenvalue weighted by Gasteiger charge is -2.37. The zero-order valence-electron chi connectivity index (χ0n) is 15.7. The lowest BCUT2D eigenvalue weighted by atomic mass is 10.2. The van der Waals surface area contributed by atoms with Crippen molar-refractivity contribution in [2.75, 3.05) is 41.7 Å². The topological polar surface area (TPSA) is 67.5 Å². The Morgan fingerprint density at radius 3 is 2.32 bits per heavy atom. The van der Waals surface area contributed by atoms with Gasteiger partial charge in [-0.15, -0.1) is 0 Å². The van der Waals surface area contributed by atoms with Crippen molar-refractivity contribution >= 4 is 17.2 Å². The molecule has 1 aliphatic heterocycles. The first-order chi connectivity index (χ1) is 13.6. The Kier molecular flexibility index (Phi) is 4.97. The number of hydrogen-bond donors (Lipinski definition) is 1. The van der Waals surface area contributed by atoms with Gasteiger partial charge in [0.25, 0.3) is 0 Å². The zero-order valence-corrected chi connectivity index (χ0v) is 15.7. The number of nitrogen functional groups attached to an aromatic ring is 1. The second kappa shape index (κ2) is 7.72. The van der Waals surface area contributed by atoms with E-state index in [2.05, 4.69) is 14.9 Å². The van der Waals surface area contributed by atoms with Gasteiger partial charge in [0, 0.05) is 26.2 Å². The highest BCUT2D eigenvalue weighted by molar-refractivity contribution is 5.69. The lowest BCUT2D eigenvalue weighted by Crippen LogP contribution is -2.47.